The lowest BCUT2D eigenvalue weighted by Crippen LogP contribution is -2.93. The van der Waals surface area contributed by atoms with Gasteiger partial charge in [-0.1, -0.05) is 12.5 Å². The first-order chi connectivity index (χ1) is 13.3. The summed E-state index contributed by atoms with van der Waals surface area (Å²) in [4.78, 5) is 0. The van der Waals surface area contributed by atoms with Crippen LogP contribution >= 0.6 is 0 Å². The van der Waals surface area contributed by atoms with Crippen LogP contribution in [0.5, 0.6) is 0 Å². The molecule has 9 fully saturated rings. The van der Waals surface area contributed by atoms with Crippen molar-refractivity contribution < 1.29 is 5.11 Å². The van der Waals surface area contributed by atoms with Gasteiger partial charge in [0.2, 0.25) is 0 Å². The zero-order valence-corrected chi connectivity index (χ0v) is 15.9. The third-order valence-corrected chi connectivity index (χ3v) is 14.5. The lowest BCUT2D eigenvalue weighted by atomic mass is 9.07. The Kier molecular flexibility index (Phi) is 1.30. The maximum atomic E-state index is 10.7. The SMILES string of the molecule is CCC12C3C4C5C=C=C6C=C7C8CCC9C(C(CO)C%10C%11CC%11C%1031)C42C59C678. The molecule has 11 rings (SSSR count). The van der Waals surface area contributed by atoms with E-state index < -0.39 is 0 Å². The molecule has 0 amide bonds. The number of hydrogen-bond acceptors (Lipinski definition) is 1. The van der Waals surface area contributed by atoms with E-state index in [1.54, 1.807) is 5.57 Å². The Morgan fingerprint density at radius 3 is 2.93 bits per heavy atom. The molecule has 0 radical (unpaired) electrons. The molecular formula is C26H26O. The molecule has 9 saturated carbocycles. The molecular weight excluding hydrogens is 328 g/mol. The minimum Gasteiger partial charge on any atom is -0.396 e. The van der Waals surface area contributed by atoms with E-state index in [1.807, 2.05) is 5.57 Å². The molecule has 1 N–H and O–H groups in total. The standard InChI is InChI=1S/C26H26O/c1-2-22-21-20-15-4-3-10-7-17-13-5-6-14-19(26(20,22)25(14,15)23(10,13)17)12(9-27)18-11-8-16(11)24(18,21)22/h4,7,11-16,18-21,27H,2,5-6,8-9H2,1H3. The van der Waals surface area contributed by atoms with Crippen molar-refractivity contribution >= 4 is 0 Å². The van der Waals surface area contributed by atoms with E-state index in [9.17, 15) is 5.11 Å². The van der Waals surface area contributed by atoms with Crippen molar-refractivity contribution in [3.63, 3.8) is 0 Å². The maximum absolute atomic E-state index is 10.7. The van der Waals surface area contributed by atoms with Gasteiger partial charge in [0.25, 0.3) is 0 Å². The third-order valence-electron chi connectivity index (χ3n) is 14.5. The van der Waals surface area contributed by atoms with Crippen LogP contribution in [0.3, 0.4) is 0 Å². The number of hydrogen-bond donors (Lipinski definition) is 1. The fourth-order valence-electron chi connectivity index (χ4n) is 15.5. The van der Waals surface area contributed by atoms with E-state index in [0.717, 1.165) is 64.1 Å². The second-order valence-corrected chi connectivity index (χ2v) is 12.8. The van der Waals surface area contributed by atoms with E-state index in [1.165, 1.54) is 25.7 Å². The van der Waals surface area contributed by atoms with E-state index in [2.05, 4.69) is 24.8 Å². The summed E-state index contributed by atoms with van der Waals surface area (Å²) in [7, 11) is 0. The molecule has 15 atom stereocenters. The molecule has 0 aliphatic heterocycles. The molecule has 11 aliphatic rings. The molecule has 15 unspecified atom stereocenters. The summed E-state index contributed by atoms with van der Waals surface area (Å²) in [5, 5.41) is 10.7. The predicted molar refractivity (Wildman–Crippen MR) is 98.0 cm³/mol. The van der Waals surface area contributed by atoms with Gasteiger partial charge in [0.1, 0.15) is 0 Å². The molecule has 136 valence electrons. The van der Waals surface area contributed by atoms with Gasteiger partial charge < -0.3 is 5.11 Å². The first-order valence-electron chi connectivity index (χ1n) is 12.1. The Labute approximate surface area is 160 Å². The zero-order valence-electron chi connectivity index (χ0n) is 15.9. The van der Waals surface area contributed by atoms with Gasteiger partial charge >= 0.3 is 0 Å². The molecule has 0 heterocycles. The van der Waals surface area contributed by atoms with Gasteiger partial charge in [-0.25, -0.2) is 0 Å². The minimum atomic E-state index is 0.510. The first-order valence-corrected chi connectivity index (χ1v) is 12.1. The summed E-state index contributed by atoms with van der Waals surface area (Å²) in [5.41, 5.74) is 10.6. The van der Waals surface area contributed by atoms with Crippen molar-refractivity contribution in [3.8, 4) is 0 Å². The molecule has 27 heavy (non-hydrogen) atoms. The van der Waals surface area contributed by atoms with Crippen LogP contribution in [0.1, 0.15) is 32.6 Å². The van der Waals surface area contributed by atoms with Crippen molar-refractivity contribution in [1.82, 2.24) is 0 Å². The van der Waals surface area contributed by atoms with Gasteiger partial charge in [0.05, 0.1) is 0 Å². The summed E-state index contributed by atoms with van der Waals surface area (Å²) in [6.45, 7) is 3.08. The summed E-state index contributed by atoms with van der Waals surface area (Å²) < 4.78 is 0. The highest BCUT2D eigenvalue weighted by Gasteiger charge is 3.17. The number of rotatable bonds is 2. The van der Waals surface area contributed by atoms with Crippen LogP contribution < -0.4 is 0 Å². The second-order valence-electron chi connectivity index (χ2n) is 12.8. The lowest BCUT2D eigenvalue weighted by Gasteiger charge is -2.95. The van der Waals surface area contributed by atoms with Crippen LogP contribution in [0.4, 0.5) is 0 Å². The largest absolute Gasteiger partial charge is 0.396 e. The van der Waals surface area contributed by atoms with Crippen molar-refractivity contribution in [2.45, 2.75) is 32.6 Å². The topological polar surface area (TPSA) is 20.2 Å². The molecule has 1 nitrogen and oxygen atoms in total. The fraction of sp³-hybridized carbons (Fsp3) is 0.808. The highest BCUT2D eigenvalue weighted by atomic mass is 16.3. The number of allylic oxidation sites excluding steroid dienone is 3. The van der Waals surface area contributed by atoms with Gasteiger partial charge in [-0.3, -0.25) is 0 Å². The Bertz CT molecular complexity index is 1090. The molecule has 11 aliphatic carbocycles. The quantitative estimate of drug-likeness (QED) is 0.748. The van der Waals surface area contributed by atoms with Crippen LogP contribution in [0.2, 0.25) is 0 Å². The van der Waals surface area contributed by atoms with Gasteiger partial charge in [-0.15, -0.1) is 5.73 Å². The van der Waals surface area contributed by atoms with Crippen LogP contribution in [-0.4, -0.2) is 11.7 Å². The van der Waals surface area contributed by atoms with Crippen molar-refractivity contribution in [3.05, 3.63) is 29.0 Å². The first kappa shape index (κ1) is 12.7. The number of aliphatic hydroxyl groups is 1. The minimum absolute atomic E-state index is 0.510. The summed E-state index contributed by atoms with van der Waals surface area (Å²) in [6, 6.07) is 0. The van der Waals surface area contributed by atoms with Gasteiger partial charge in [0.15, 0.2) is 0 Å². The Morgan fingerprint density at radius 1 is 1.15 bits per heavy atom. The molecule has 0 aromatic heterocycles. The Hall–Kier alpha value is -0.780. The molecule has 0 aromatic carbocycles. The summed E-state index contributed by atoms with van der Waals surface area (Å²) in [5.74, 6) is 9.42. The Morgan fingerprint density at radius 2 is 2.07 bits per heavy atom. The van der Waals surface area contributed by atoms with Gasteiger partial charge in [0, 0.05) is 23.0 Å². The Balaban J connectivity index is 1.28. The number of fused-ring (bicyclic) bond motifs is 6. The monoisotopic (exact) mass is 354 g/mol. The van der Waals surface area contributed by atoms with Crippen LogP contribution in [-0.2, 0) is 0 Å². The normalized spacial score (nSPS) is 83.5. The number of aliphatic hydroxyl groups excluding tert-OH is 1. The second kappa shape index (κ2) is 2.76. The van der Waals surface area contributed by atoms with E-state index in [-0.39, 0.29) is 0 Å². The van der Waals surface area contributed by atoms with Crippen LogP contribution in [0.15, 0.2) is 29.0 Å². The van der Waals surface area contributed by atoms with Crippen molar-refractivity contribution in [2.75, 3.05) is 6.61 Å². The highest BCUT2D eigenvalue weighted by Crippen LogP contribution is 3.19. The van der Waals surface area contributed by atoms with Crippen LogP contribution in [0, 0.1) is 86.3 Å². The maximum Gasteiger partial charge on any atom is 0.0465 e. The third kappa shape index (κ3) is 0.603. The van der Waals surface area contributed by atoms with Crippen molar-refractivity contribution in [2.24, 2.45) is 86.3 Å². The zero-order chi connectivity index (χ0) is 17.1. The molecule has 0 saturated heterocycles. The van der Waals surface area contributed by atoms with Gasteiger partial charge in [-0.2, -0.15) is 0 Å². The lowest BCUT2D eigenvalue weighted by molar-refractivity contribution is -0.482. The van der Waals surface area contributed by atoms with E-state index in [0.29, 0.717) is 28.8 Å². The smallest absolute Gasteiger partial charge is 0.0465 e. The van der Waals surface area contributed by atoms with Gasteiger partial charge in [-0.05, 0) is 113 Å². The average Bonchev–Trinajstić information content (AvgIpc) is 3.55. The van der Waals surface area contributed by atoms with Crippen LogP contribution in [0.25, 0.3) is 0 Å². The van der Waals surface area contributed by atoms with E-state index >= 15 is 0 Å². The molecule has 0 aromatic rings. The highest BCUT2D eigenvalue weighted by molar-refractivity contribution is 5.76. The predicted octanol–water partition coefficient (Wildman–Crippen LogP) is 3.81. The summed E-state index contributed by atoms with van der Waals surface area (Å²) >= 11 is 0. The van der Waals surface area contributed by atoms with E-state index in [4.69, 9.17) is 0 Å². The molecule has 4 spiro atoms. The summed E-state index contributed by atoms with van der Waals surface area (Å²) in [6.07, 6.45) is 11.1. The fourth-order valence-corrected chi connectivity index (χ4v) is 15.5. The molecule has 1 heteroatoms. The van der Waals surface area contributed by atoms with Crippen molar-refractivity contribution in [1.29, 1.82) is 0 Å². The molecule has 0 bridgehead atoms. The average molecular weight is 354 g/mol.